The fourth-order valence-electron chi connectivity index (χ4n) is 3.28. The highest BCUT2D eigenvalue weighted by molar-refractivity contribution is 6.36. The molecule has 2 aromatic carbocycles. The van der Waals surface area contributed by atoms with E-state index in [1.807, 2.05) is 0 Å². The van der Waals surface area contributed by atoms with Crippen LogP contribution in [0.1, 0.15) is 39.6 Å². The first-order valence-electron chi connectivity index (χ1n) is 7.12. The van der Waals surface area contributed by atoms with Crippen LogP contribution in [-0.2, 0) is 4.79 Å². The highest BCUT2D eigenvalue weighted by Gasteiger charge is 2.52. The van der Waals surface area contributed by atoms with E-state index in [0.717, 1.165) is 13.0 Å². The van der Waals surface area contributed by atoms with Gasteiger partial charge in [0.25, 0.3) is 0 Å². The molecular weight excluding hydrogens is 316 g/mol. The van der Waals surface area contributed by atoms with E-state index in [0.29, 0.717) is 5.56 Å². The summed E-state index contributed by atoms with van der Waals surface area (Å²) in [5.74, 6) is -4.41. The summed E-state index contributed by atoms with van der Waals surface area (Å²) in [4.78, 5) is 36.8. The molecule has 1 aliphatic carbocycles. The number of aryl methyl sites for hydroxylation is 1. The van der Waals surface area contributed by atoms with E-state index >= 15 is 0 Å². The Bertz CT molecular complexity index is 893. The molecule has 0 saturated carbocycles. The van der Waals surface area contributed by atoms with Gasteiger partial charge in [-0.25, -0.2) is 0 Å². The maximum absolute atomic E-state index is 12.7. The molecule has 7 nitrogen and oxygen atoms in total. The molecule has 0 amide bonds. The van der Waals surface area contributed by atoms with Crippen molar-refractivity contribution >= 4 is 28.1 Å². The quantitative estimate of drug-likeness (QED) is 0.611. The van der Waals surface area contributed by atoms with E-state index in [9.17, 15) is 34.8 Å². The average molecular weight is 330 g/mol. The SMILES string of the molecule is CC(=O)CC1(O)C(=O)c2c(O)cc(C)c3c(O)cc(O)c(c23)C1=O. The lowest BCUT2D eigenvalue weighted by Gasteiger charge is -2.31. The Morgan fingerprint density at radius 2 is 1.46 bits per heavy atom. The summed E-state index contributed by atoms with van der Waals surface area (Å²) in [6.07, 6.45) is -0.779. The number of aromatic hydroxyl groups is 3. The van der Waals surface area contributed by atoms with E-state index in [4.69, 9.17) is 0 Å². The number of benzene rings is 2. The second kappa shape index (κ2) is 4.78. The summed E-state index contributed by atoms with van der Waals surface area (Å²) in [5.41, 5.74) is -3.13. The highest BCUT2D eigenvalue weighted by atomic mass is 16.3. The summed E-state index contributed by atoms with van der Waals surface area (Å²) in [6.45, 7) is 2.65. The van der Waals surface area contributed by atoms with Crippen LogP contribution in [0, 0.1) is 6.92 Å². The summed E-state index contributed by atoms with van der Waals surface area (Å²) >= 11 is 0. The largest absolute Gasteiger partial charge is 0.507 e. The molecule has 0 fully saturated rings. The molecule has 0 aliphatic heterocycles. The lowest BCUT2D eigenvalue weighted by Crippen LogP contribution is -2.50. The third kappa shape index (κ3) is 1.85. The number of carbonyl (C=O) groups excluding carboxylic acids is 3. The van der Waals surface area contributed by atoms with Gasteiger partial charge in [0.05, 0.1) is 11.1 Å². The molecular formula is C17H14O7. The molecule has 0 radical (unpaired) electrons. The Kier molecular flexibility index (Phi) is 3.18. The monoisotopic (exact) mass is 330 g/mol. The van der Waals surface area contributed by atoms with Crippen molar-refractivity contribution in [1.29, 1.82) is 0 Å². The van der Waals surface area contributed by atoms with Crippen molar-refractivity contribution in [1.82, 2.24) is 0 Å². The van der Waals surface area contributed by atoms with Gasteiger partial charge in [-0.3, -0.25) is 14.4 Å². The Labute approximate surface area is 135 Å². The van der Waals surface area contributed by atoms with Crippen molar-refractivity contribution < 1.29 is 34.8 Å². The predicted molar refractivity (Wildman–Crippen MR) is 82.6 cm³/mol. The van der Waals surface area contributed by atoms with Crippen LogP contribution in [0.25, 0.3) is 10.8 Å². The van der Waals surface area contributed by atoms with Crippen molar-refractivity contribution in [2.45, 2.75) is 25.9 Å². The Balaban J connectivity index is 2.53. The van der Waals surface area contributed by atoms with Gasteiger partial charge in [0, 0.05) is 23.3 Å². The summed E-state index contributed by atoms with van der Waals surface area (Å²) in [5, 5.41) is 40.8. The Hall–Kier alpha value is -2.93. The zero-order valence-electron chi connectivity index (χ0n) is 12.9. The highest BCUT2D eigenvalue weighted by Crippen LogP contribution is 2.47. The van der Waals surface area contributed by atoms with Crippen LogP contribution >= 0.6 is 0 Å². The first kappa shape index (κ1) is 15.9. The van der Waals surface area contributed by atoms with Crippen LogP contribution in [0.4, 0.5) is 0 Å². The minimum atomic E-state index is -2.70. The number of carbonyl (C=O) groups is 3. The number of hydrogen-bond acceptors (Lipinski definition) is 7. The van der Waals surface area contributed by atoms with Crippen LogP contribution in [0.3, 0.4) is 0 Å². The smallest absolute Gasteiger partial charge is 0.207 e. The molecule has 0 bridgehead atoms. The van der Waals surface area contributed by atoms with Gasteiger partial charge in [0.1, 0.15) is 23.0 Å². The topological polar surface area (TPSA) is 132 Å². The van der Waals surface area contributed by atoms with E-state index in [-0.39, 0.29) is 16.5 Å². The molecule has 2 aromatic rings. The van der Waals surface area contributed by atoms with Crippen molar-refractivity contribution in [3.63, 3.8) is 0 Å². The molecule has 1 unspecified atom stereocenters. The number of hydrogen-bond donors (Lipinski definition) is 4. The molecule has 0 spiro atoms. The van der Waals surface area contributed by atoms with E-state index in [1.54, 1.807) is 6.92 Å². The van der Waals surface area contributed by atoms with Gasteiger partial charge in [0.15, 0.2) is 5.60 Å². The van der Waals surface area contributed by atoms with Crippen LogP contribution in [-0.4, -0.2) is 43.4 Å². The zero-order chi connectivity index (χ0) is 18.0. The van der Waals surface area contributed by atoms with Crippen LogP contribution < -0.4 is 0 Å². The molecule has 1 atom stereocenters. The van der Waals surface area contributed by atoms with Crippen molar-refractivity contribution in [2.75, 3.05) is 0 Å². The van der Waals surface area contributed by atoms with Crippen LogP contribution in [0.2, 0.25) is 0 Å². The molecule has 4 N–H and O–H groups in total. The van der Waals surface area contributed by atoms with E-state index in [1.165, 1.54) is 6.07 Å². The maximum atomic E-state index is 12.7. The van der Waals surface area contributed by atoms with Gasteiger partial charge in [-0.05, 0) is 25.5 Å². The number of ketones is 3. The van der Waals surface area contributed by atoms with Gasteiger partial charge in [-0.15, -0.1) is 0 Å². The third-order valence-electron chi connectivity index (χ3n) is 4.25. The van der Waals surface area contributed by atoms with Gasteiger partial charge >= 0.3 is 0 Å². The van der Waals surface area contributed by atoms with Crippen LogP contribution in [0.15, 0.2) is 12.1 Å². The summed E-state index contributed by atoms with van der Waals surface area (Å²) < 4.78 is 0. The van der Waals surface area contributed by atoms with E-state index in [2.05, 4.69) is 0 Å². The fourth-order valence-corrected chi connectivity index (χ4v) is 3.28. The normalized spacial score (nSPS) is 19.8. The van der Waals surface area contributed by atoms with Gasteiger partial charge in [-0.1, -0.05) is 0 Å². The van der Waals surface area contributed by atoms with Crippen molar-refractivity contribution in [3.05, 3.63) is 28.8 Å². The molecule has 0 heterocycles. The molecule has 124 valence electrons. The summed E-state index contributed by atoms with van der Waals surface area (Å²) in [7, 11) is 0. The second-order valence-corrected chi connectivity index (χ2v) is 6.02. The molecule has 0 aromatic heterocycles. The molecule has 3 rings (SSSR count). The molecule has 7 heteroatoms. The number of aliphatic hydroxyl groups is 1. The van der Waals surface area contributed by atoms with Crippen LogP contribution in [0.5, 0.6) is 17.2 Å². The predicted octanol–water partition coefficient (Wildman–Crippen LogP) is 1.35. The molecule has 0 saturated heterocycles. The number of phenolic OH excluding ortho intramolecular Hbond substituents is 3. The Morgan fingerprint density at radius 1 is 0.958 bits per heavy atom. The fraction of sp³-hybridized carbons (Fsp3) is 0.235. The van der Waals surface area contributed by atoms with Gasteiger partial charge in [-0.2, -0.15) is 0 Å². The van der Waals surface area contributed by atoms with Gasteiger partial charge in [0.2, 0.25) is 11.6 Å². The minimum absolute atomic E-state index is 0.113. The lowest BCUT2D eigenvalue weighted by molar-refractivity contribution is -0.119. The Morgan fingerprint density at radius 3 is 1.96 bits per heavy atom. The number of rotatable bonds is 2. The summed E-state index contributed by atoms with van der Waals surface area (Å²) in [6, 6.07) is 2.13. The third-order valence-corrected chi connectivity index (χ3v) is 4.25. The standard InChI is InChI=1S/C17H14O7/c1-6-3-8(19)12-14-11(6)9(20)4-10(21)13(14)16(23)17(24,15(12)22)5-7(2)18/h3-4,19-21,24H,5H2,1-2H3. The van der Waals surface area contributed by atoms with Gasteiger partial charge < -0.3 is 20.4 Å². The molecule has 24 heavy (non-hydrogen) atoms. The number of phenols is 3. The number of Topliss-reactive ketones (excluding diaryl/α,β-unsaturated/α-hetero) is 3. The zero-order valence-corrected chi connectivity index (χ0v) is 12.9. The molecule has 1 aliphatic rings. The second-order valence-electron chi connectivity index (χ2n) is 6.02. The van der Waals surface area contributed by atoms with Crippen molar-refractivity contribution in [3.8, 4) is 17.2 Å². The average Bonchev–Trinajstić information content (AvgIpc) is 2.43. The first-order valence-corrected chi connectivity index (χ1v) is 7.12. The minimum Gasteiger partial charge on any atom is -0.507 e. The van der Waals surface area contributed by atoms with E-state index < -0.39 is 52.0 Å². The maximum Gasteiger partial charge on any atom is 0.207 e. The lowest BCUT2D eigenvalue weighted by atomic mass is 9.73. The van der Waals surface area contributed by atoms with Crippen molar-refractivity contribution in [2.24, 2.45) is 0 Å². The first-order chi connectivity index (χ1) is 11.1.